The van der Waals surface area contributed by atoms with Crippen LogP contribution in [0.15, 0.2) is 69.2 Å². The lowest BCUT2D eigenvalue weighted by molar-refractivity contribution is -0.113. The number of ketones is 1. The molecule has 1 aliphatic heterocycles. The number of hydrogen-bond acceptors (Lipinski definition) is 8. The van der Waals surface area contributed by atoms with Crippen LogP contribution in [0.25, 0.3) is 0 Å². The molecule has 0 amide bonds. The van der Waals surface area contributed by atoms with E-state index in [-0.39, 0.29) is 27.6 Å². The average Bonchev–Trinajstić information content (AvgIpc) is 2.96. The van der Waals surface area contributed by atoms with Gasteiger partial charge in [0.1, 0.15) is 17.3 Å². The van der Waals surface area contributed by atoms with Crippen LogP contribution < -0.4 is 5.32 Å². The Morgan fingerprint density at radius 3 is 2.35 bits per heavy atom. The summed E-state index contributed by atoms with van der Waals surface area (Å²) in [5.74, 6) is -1.56. The van der Waals surface area contributed by atoms with E-state index in [9.17, 15) is 23.1 Å². The van der Waals surface area contributed by atoms with Gasteiger partial charge in [0.25, 0.3) is 10.0 Å². The first-order valence-electron chi connectivity index (χ1n) is 9.07. The van der Waals surface area contributed by atoms with Crippen molar-refractivity contribution in [1.82, 2.24) is 0 Å². The normalized spacial score (nSPS) is 14.7. The number of sulfonamides is 1. The van der Waals surface area contributed by atoms with E-state index in [1.165, 1.54) is 32.0 Å². The second kappa shape index (κ2) is 8.52. The van der Waals surface area contributed by atoms with Crippen molar-refractivity contribution in [3.8, 4) is 0 Å². The molecule has 0 fully saturated rings. The quantitative estimate of drug-likeness (QED) is 0.270. The van der Waals surface area contributed by atoms with E-state index in [2.05, 4.69) is 9.71 Å². The number of ether oxygens (including phenoxy) is 1. The third kappa shape index (κ3) is 4.69. The molecule has 3 rings (SSSR count). The maximum Gasteiger partial charge on any atom is 0.338 e. The highest BCUT2D eigenvalue weighted by Crippen LogP contribution is 2.26. The highest BCUT2D eigenvalue weighted by molar-refractivity contribution is 7.90. The molecule has 3 N–H and O–H groups in total. The molecular formula is C21H19N3O6S. The molecule has 0 atom stereocenters. The number of hydrogen-bond donors (Lipinski definition) is 3. The van der Waals surface area contributed by atoms with Crippen molar-refractivity contribution in [2.24, 2.45) is 4.40 Å². The van der Waals surface area contributed by atoms with Crippen LogP contribution in [0, 0.1) is 5.41 Å². The van der Waals surface area contributed by atoms with Crippen molar-refractivity contribution >= 4 is 39.0 Å². The molecule has 10 heteroatoms. The monoisotopic (exact) mass is 441 g/mol. The molecule has 0 spiro atoms. The van der Waals surface area contributed by atoms with Crippen molar-refractivity contribution in [3.05, 3.63) is 71.0 Å². The predicted molar refractivity (Wildman–Crippen MR) is 114 cm³/mol. The Bertz CT molecular complexity index is 1230. The van der Waals surface area contributed by atoms with E-state index >= 15 is 0 Å². The topological polar surface area (TPSA) is 146 Å². The van der Waals surface area contributed by atoms with Crippen molar-refractivity contribution in [3.63, 3.8) is 0 Å². The van der Waals surface area contributed by atoms with Gasteiger partial charge in [0.15, 0.2) is 11.6 Å². The lowest BCUT2D eigenvalue weighted by Crippen LogP contribution is -2.15. The lowest BCUT2D eigenvalue weighted by Gasteiger charge is -2.09. The molecule has 0 bridgehead atoms. The van der Waals surface area contributed by atoms with Gasteiger partial charge >= 0.3 is 5.97 Å². The van der Waals surface area contributed by atoms with E-state index in [0.29, 0.717) is 11.3 Å². The Labute approximate surface area is 178 Å². The SMILES string of the molecule is CC(=N)/C(C(C)=O)=C(/O)COC(=O)c1ccc(NC2=NS(=O)(=O)c3ccccc32)cc1. The Kier molecular flexibility index (Phi) is 6.02. The molecule has 1 aliphatic rings. The molecule has 0 saturated carbocycles. The third-order valence-electron chi connectivity index (χ3n) is 4.37. The summed E-state index contributed by atoms with van der Waals surface area (Å²) in [6, 6.07) is 12.4. The zero-order valence-electron chi connectivity index (χ0n) is 16.7. The smallest absolute Gasteiger partial charge is 0.338 e. The number of aliphatic hydroxyl groups is 1. The van der Waals surface area contributed by atoms with Gasteiger partial charge in [0, 0.05) is 17.0 Å². The van der Waals surface area contributed by atoms with Crippen LogP contribution in [0.1, 0.15) is 29.8 Å². The van der Waals surface area contributed by atoms with E-state index in [4.69, 9.17) is 10.1 Å². The van der Waals surface area contributed by atoms with Gasteiger partial charge in [-0.3, -0.25) is 4.79 Å². The van der Waals surface area contributed by atoms with Gasteiger partial charge in [-0.25, -0.2) is 4.79 Å². The third-order valence-corrected chi connectivity index (χ3v) is 5.71. The first-order chi connectivity index (χ1) is 14.6. The Morgan fingerprint density at radius 2 is 1.74 bits per heavy atom. The summed E-state index contributed by atoms with van der Waals surface area (Å²) in [5.41, 5.74) is 0.810. The molecule has 2 aromatic rings. The van der Waals surface area contributed by atoms with E-state index < -0.39 is 34.1 Å². The summed E-state index contributed by atoms with van der Waals surface area (Å²) >= 11 is 0. The molecule has 1 heterocycles. The number of carbonyl (C=O) groups excluding carboxylic acids is 2. The molecular weight excluding hydrogens is 422 g/mol. The molecule has 0 unspecified atom stereocenters. The maximum absolute atomic E-state index is 12.2. The molecule has 31 heavy (non-hydrogen) atoms. The predicted octanol–water partition coefficient (Wildman–Crippen LogP) is 2.85. The number of carbonyl (C=O) groups is 2. The number of Topliss-reactive ketones (excluding diaryl/α,β-unsaturated/α-hetero) is 1. The van der Waals surface area contributed by atoms with Gasteiger partial charge < -0.3 is 20.6 Å². The maximum atomic E-state index is 12.2. The van der Waals surface area contributed by atoms with Gasteiger partial charge in [-0.2, -0.15) is 8.42 Å². The molecule has 9 nitrogen and oxygen atoms in total. The van der Waals surface area contributed by atoms with Gasteiger partial charge in [0.05, 0.1) is 11.1 Å². The lowest BCUT2D eigenvalue weighted by atomic mass is 10.1. The number of fused-ring (bicyclic) bond motifs is 1. The summed E-state index contributed by atoms with van der Waals surface area (Å²) in [4.78, 5) is 23.8. The second-order valence-electron chi connectivity index (χ2n) is 6.69. The van der Waals surface area contributed by atoms with Crippen LogP contribution in [-0.2, 0) is 19.6 Å². The van der Waals surface area contributed by atoms with Crippen LogP contribution in [-0.4, -0.2) is 43.4 Å². The summed E-state index contributed by atoms with van der Waals surface area (Å²) in [6.45, 7) is 2.00. The summed E-state index contributed by atoms with van der Waals surface area (Å²) in [6.07, 6.45) is 0. The van der Waals surface area contributed by atoms with Crippen LogP contribution in [0.3, 0.4) is 0 Å². The van der Waals surface area contributed by atoms with Crippen molar-refractivity contribution in [2.45, 2.75) is 18.7 Å². The fraction of sp³-hybridized carbons (Fsp3) is 0.143. The van der Waals surface area contributed by atoms with Gasteiger partial charge in [-0.15, -0.1) is 4.40 Å². The number of amidine groups is 1. The van der Waals surface area contributed by atoms with E-state index in [1.807, 2.05) is 0 Å². The summed E-state index contributed by atoms with van der Waals surface area (Å²) in [5, 5.41) is 20.4. The minimum Gasteiger partial charge on any atom is -0.508 e. The Balaban J connectivity index is 1.70. The second-order valence-corrected chi connectivity index (χ2v) is 8.27. The molecule has 0 aliphatic carbocycles. The molecule has 2 aromatic carbocycles. The van der Waals surface area contributed by atoms with E-state index in [0.717, 1.165) is 0 Å². The zero-order chi connectivity index (χ0) is 22.8. The largest absolute Gasteiger partial charge is 0.508 e. The first-order valence-corrected chi connectivity index (χ1v) is 10.5. The van der Waals surface area contributed by atoms with Gasteiger partial charge in [-0.1, -0.05) is 12.1 Å². The minimum atomic E-state index is -3.75. The van der Waals surface area contributed by atoms with Crippen molar-refractivity contribution in [1.29, 1.82) is 5.41 Å². The first kappa shape index (κ1) is 21.9. The van der Waals surface area contributed by atoms with Crippen molar-refractivity contribution < 1.29 is 27.9 Å². The van der Waals surface area contributed by atoms with Crippen LogP contribution in [0.5, 0.6) is 0 Å². The van der Waals surface area contributed by atoms with Crippen molar-refractivity contribution in [2.75, 3.05) is 11.9 Å². The fourth-order valence-electron chi connectivity index (χ4n) is 3.00. The van der Waals surface area contributed by atoms with Crippen LogP contribution >= 0.6 is 0 Å². The van der Waals surface area contributed by atoms with E-state index in [1.54, 1.807) is 30.3 Å². The number of benzene rings is 2. The number of nitrogens with zero attached hydrogens (tertiary/aromatic N) is 1. The zero-order valence-corrected chi connectivity index (χ0v) is 17.5. The Morgan fingerprint density at radius 1 is 1.10 bits per heavy atom. The number of rotatable bonds is 6. The summed E-state index contributed by atoms with van der Waals surface area (Å²) < 4.78 is 33.0. The number of allylic oxidation sites excluding steroid dienone is 1. The molecule has 0 aromatic heterocycles. The highest BCUT2D eigenvalue weighted by atomic mass is 32.2. The standard InChI is InChI=1S/C21H19N3O6S/c1-12(22)19(13(2)25)17(26)11-30-21(27)14-7-9-15(10-8-14)23-20-16-5-3-4-6-18(16)31(28,29)24-20/h3-10,22,26H,11H2,1-2H3,(H,23,24)/b19-17-,22-12?. The highest BCUT2D eigenvalue weighted by Gasteiger charge is 2.28. The molecule has 0 saturated heterocycles. The number of esters is 1. The Hall–Kier alpha value is -3.79. The fourth-order valence-corrected chi connectivity index (χ4v) is 4.17. The van der Waals surface area contributed by atoms with Crippen LogP contribution in [0.4, 0.5) is 5.69 Å². The number of nitrogens with one attached hydrogen (secondary N) is 2. The number of anilines is 1. The molecule has 160 valence electrons. The average molecular weight is 441 g/mol. The minimum absolute atomic E-state index is 0.121. The van der Waals surface area contributed by atoms with Gasteiger partial charge in [-0.05, 0) is 50.2 Å². The van der Waals surface area contributed by atoms with Crippen LogP contribution in [0.2, 0.25) is 0 Å². The molecule has 0 radical (unpaired) electrons. The summed E-state index contributed by atoms with van der Waals surface area (Å²) in [7, 11) is -3.75. The van der Waals surface area contributed by atoms with Gasteiger partial charge in [0.2, 0.25) is 0 Å². The number of aliphatic hydroxyl groups excluding tert-OH is 1.